The zero-order valence-electron chi connectivity index (χ0n) is 26.5. The molecule has 0 bridgehead atoms. The highest BCUT2D eigenvalue weighted by molar-refractivity contribution is 6.30. The molecule has 0 unspecified atom stereocenters. The Morgan fingerprint density at radius 3 is 2.32 bits per heavy atom. The maximum atomic E-state index is 12.7. The second-order valence-electron chi connectivity index (χ2n) is 12.6. The van der Waals surface area contributed by atoms with E-state index in [1.165, 1.54) is 0 Å². The maximum Gasteiger partial charge on any atom is 0.319 e. The van der Waals surface area contributed by atoms with Crippen LogP contribution in [0.1, 0.15) is 60.0 Å². The van der Waals surface area contributed by atoms with Crippen molar-refractivity contribution in [3.8, 4) is 0 Å². The van der Waals surface area contributed by atoms with Crippen LogP contribution >= 0.6 is 11.6 Å². The van der Waals surface area contributed by atoms with Crippen molar-refractivity contribution in [3.05, 3.63) is 136 Å². The van der Waals surface area contributed by atoms with Crippen molar-refractivity contribution in [3.63, 3.8) is 0 Å². The van der Waals surface area contributed by atoms with E-state index in [2.05, 4.69) is 22.5 Å². The monoisotopic (exact) mass is 655 g/mol. The molecular weight excluding hydrogens is 614 g/mol. The second-order valence-corrected chi connectivity index (χ2v) is 13.0. The molecule has 4 atom stereocenters. The van der Waals surface area contributed by atoms with Crippen LogP contribution in [0.5, 0.6) is 0 Å². The van der Waals surface area contributed by atoms with Gasteiger partial charge in [0.05, 0.1) is 24.4 Å². The van der Waals surface area contributed by atoms with Crippen LogP contribution in [0.25, 0.3) is 0 Å². The summed E-state index contributed by atoms with van der Waals surface area (Å²) in [7, 11) is 0. The topological polar surface area (TPSA) is 103 Å². The number of piperidine rings is 1. The SMILES string of the molecule is C[C@@H]1[C@H](CN2CCC(O)(c3ccc(Cl)cc3)CC2)O[C@H](c2cccc(NC(=O)NCc3ccccc3)c2)O[C@@H]1c1ccc(CO)cc1. The largest absolute Gasteiger partial charge is 0.392 e. The van der Waals surface area contributed by atoms with Crippen LogP contribution in [0, 0.1) is 5.92 Å². The lowest BCUT2D eigenvalue weighted by Gasteiger charge is -2.45. The summed E-state index contributed by atoms with van der Waals surface area (Å²) in [5, 5.41) is 27.5. The predicted octanol–water partition coefficient (Wildman–Crippen LogP) is 6.93. The van der Waals surface area contributed by atoms with Crippen LogP contribution in [0.2, 0.25) is 5.02 Å². The van der Waals surface area contributed by atoms with E-state index in [1.807, 2.05) is 103 Å². The summed E-state index contributed by atoms with van der Waals surface area (Å²) < 4.78 is 13.3. The van der Waals surface area contributed by atoms with E-state index in [9.17, 15) is 15.0 Å². The minimum Gasteiger partial charge on any atom is -0.392 e. The standard InChI is InChI=1S/C38H42ClN3O5/c1-26-34(24-42-20-18-38(45,19-21-42)31-14-16-32(39)17-15-31)46-36(47-35(26)29-12-10-28(25-43)11-13-29)30-8-5-9-33(22-30)41-37(44)40-23-27-6-3-2-4-7-27/h2-17,22,26,34-36,43,45H,18-21,23-25H2,1H3,(H2,40,41,44)/t26-,34+,35+,36+/m1/s1. The highest BCUT2D eigenvalue weighted by Gasteiger charge is 2.41. The first kappa shape index (κ1) is 33.2. The van der Waals surface area contributed by atoms with Crippen LogP contribution in [-0.4, -0.2) is 46.9 Å². The molecule has 4 aromatic rings. The van der Waals surface area contributed by atoms with Gasteiger partial charge in [0.1, 0.15) is 0 Å². The Bertz CT molecular complexity index is 1610. The second kappa shape index (κ2) is 15.0. The Morgan fingerprint density at radius 2 is 1.62 bits per heavy atom. The number of ether oxygens (including phenoxy) is 2. The Labute approximate surface area is 281 Å². The Morgan fingerprint density at radius 1 is 0.894 bits per heavy atom. The number of nitrogens with zero attached hydrogens (tertiary/aromatic N) is 1. The summed E-state index contributed by atoms with van der Waals surface area (Å²) in [6.07, 6.45) is 0.143. The van der Waals surface area contributed by atoms with Crippen molar-refractivity contribution >= 4 is 23.3 Å². The molecule has 2 heterocycles. The number of aliphatic hydroxyl groups excluding tert-OH is 1. The van der Waals surface area contributed by atoms with Gasteiger partial charge >= 0.3 is 6.03 Å². The van der Waals surface area contributed by atoms with E-state index in [0.29, 0.717) is 36.6 Å². The third kappa shape index (κ3) is 8.22. The van der Waals surface area contributed by atoms with Crippen molar-refractivity contribution < 1.29 is 24.5 Å². The number of halogens is 1. The van der Waals surface area contributed by atoms with Crippen LogP contribution in [0.3, 0.4) is 0 Å². The summed E-state index contributed by atoms with van der Waals surface area (Å²) in [4.78, 5) is 15.1. The lowest BCUT2D eigenvalue weighted by atomic mass is 9.84. The first-order valence-corrected chi connectivity index (χ1v) is 16.6. The van der Waals surface area contributed by atoms with E-state index in [-0.39, 0.29) is 30.8 Å². The van der Waals surface area contributed by atoms with Gasteiger partial charge in [-0.05, 0) is 59.4 Å². The molecule has 2 aliphatic rings. The molecule has 0 radical (unpaired) electrons. The van der Waals surface area contributed by atoms with Gasteiger partial charge in [-0.3, -0.25) is 0 Å². The molecule has 4 aromatic carbocycles. The number of anilines is 1. The van der Waals surface area contributed by atoms with Gasteiger partial charge in [-0.2, -0.15) is 0 Å². The number of nitrogens with one attached hydrogen (secondary N) is 2. The molecule has 0 aliphatic carbocycles. The molecule has 8 nitrogen and oxygen atoms in total. The van der Waals surface area contributed by atoms with Crippen molar-refractivity contribution in [2.75, 3.05) is 25.0 Å². The number of carbonyl (C=O) groups is 1. The smallest absolute Gasteiger partial charge is 0.319 e. The molecule has 4 N–H and O–H groups in total. The number of likely N-dealkylation sites (tertiary alicyclic amines) is 1. The minimum absolute atomic E-state index is 0.0216. The summed E-state index contributed by atoms with van der Waals surface area (Å²) in [6.45, 7) is 4.68. The molecule has 0 saturated carbocycles. The van der Waals surface area contributed by atoms with Crippen molar-refractivity contribution in [2.45, 2.75) is 57.0 Å². The van der Waals surface area contributed by atoms with Gasteiger partial charge in [0.15, 0.2) is 6.29 Å². The molecule has 0 spiro atoms. The summed E-state index contributed by atoms with van der Waals surface area (Å²) >= 11 is 6.09. The normalized spacial score (nSPS) is 22.8. The van der Waals surface area contributed by atoms with E-state index in [0.717, 1.165) is 40.9 Å². The first-order chi connectivity index (χ1) is 22.8. The fourth-order valence-electron chi connectivity index (χ4n) is 6.45. The van der Waals surface area contributed by atoms with E-state index < -0.39 is 11.9 Å². The van der Waals surface area contributed by atoms with Crippen LogP contribution in [0.4, 0.5) is 10.5 Å². The molecule has 2 aliphatic heterocycles. The number of benzene rings is 4. The lowest BCUT2D eigenvalue weighted by molar-refractivity contribution is -0.277. The van der Waals surface area contributed by atoms with Crippen LogP contribution < -0.4 is 10.6 Å². The van der Waals surface area contributed by atoms with Crippen molar-refractivity contribution in [1.29, 1.82) is 0 Å². The minimum atomic E-state index is -0.885. The van der Waals surface area contributed by atoms with Crippen molar-refractivity contribution in [1.82, 2.24) is 10.2 Å². The molecule has 9 heteroatoms. The number of hydrogen-bond donors (Lipinski definition) is 4. The molecule has 47 heavy (non-hydrogen) atoms. The third-order valence-corrected chi connectivity index (χ3v) is 9.59. The Kier molecular flexibility index (Phi) is 10.6. The number of amides is 2. The van der Waals surface area contributed by atoms with Gasteiger partial charge in [0.2, 0.25) is 0 Å². The fourth-order valence-corrected chi connectivity index (χ4v) is 6.58. The summed E-state index contributed by atoms with van der Waals surface area (Å²) in [5.74, 6) is 0.0216. The molecule has 246 valence electrons. The van der Waals surface area contributed by atoms with Crippen LogP contribution in [-0.2, 0) is 28.2 Å². The van der Waals surface area contributed by atoms with Gasteiger partial charge < -0.3 is 35.2 Å². The zero-order valence-corrected chi connectivity index (χ0v) is 27.3. The quantitative estimate of drug-likeness (QED) is 0.156. The number of carbonyl (C=O) groups excluding carboxylic acids is 1. The average molecular weight is 656 g/mol. The Hall–Kier alpha value is -3.76. The average Bonchev–Trinajstić information content (AvgIpc) is 3.10. The molecule has 2 amide bonds. The fraction of sp³-hybridized carbons (Fsp3) is 0.342. The van der Waals surface area contributed by atoms with E-state index in [4.69, 9.17) is 21.1 Å². The number of rotatable bonds is 9. The zero-order chi connectivity index (χ0) is 32.8. The maximum absolute atomic E-state index is 12.7. The number of hydrogen-bond acceptors (Lipinski definition) is 6. The molecular formula is C38H42ClN3O5. The summed E-state index contributed by atoms with van der Waals surface area (Å²) in [6, 6.07) is 32.4. The van der Waals surface area contributed by atoms with Crippen LogP contribution in [0.15, 0.2) is 103 Å². The Balaban J connectivity index is 1.16. The predicted molar refractivity (Wildman–Crippen MR) is 183 cm³/mol. The van der Waals surface area contributed by atoms with Gasteiger partial charge in [-0.25, -0.2) is 4.79 Å². The van der Waals surface area contributed by atoms with E-state index >= 15 is 0 Å². The van der Waals surface area contributed by atoms with Gasteiger partial charge in [-0.1, -0.05) is 97.4 Å². The molecule has 2 fully saturated rings. The first-order valence-electron chi connectivity index (χ1n) is 16.2. The summed E-state index contributed by atoms with van der Waals surface area (Å²) in [5.41, 5.74) is 4.31. The van der Waals surface area contributed by atoms with E-state index in [1.54, 1.807) is 0 Å². The molecule has 0 aromatic heterocycles. The molecule has 2 saturated heterocycles. The molecule has 6 rings (SSSR count). The third-order valence-electron chi connectivity index (χ3n) is 9.34. The van der Waals surface area contributed by atoms with Gasteiger partial charge in [0.25, 0.3) is 0 Å². The van der Waals surface area contributed by atoms with Gasteiger partial charge in [-0.15, -0.1) is 0 Å². The highest BCUT2D eigenvalue weighted by Crippen LogP contribution is 2.43. The highest BCUT2D eigenvalue weighted by atomic mass is 35.5. The lowest BCUT2D eigenvalue weighted by Crippen LogP contribution is -2.49. The van der Waals surface area contributed by atoms with Crippen molar-refractivity contribution in [2.24, 2.45) is 5.92 Å². The number of urea groups is 1. The number of aliphatic hydroxyl groups is 2. The van der Waals surface area contributed by atoms with Gasteiger partial charge in [0, 0.05) is 48.4 Å².